The minimum Gasteiger partial charge on any atom is -0.493 e. The summed E-state index contributed by atoms with van der Waals surface area (Å²) in [5.41, 5.74) is 10.7. The number of allylic oxidation sites excluding steroid dienone is 5. The number of Topliss-reactive ketones (excluding diaryl/α,β-unsaturated/α-hetero) is 2. The number of ether oxygens (including phenoxy) is 1. The van der Waals surface area contributed by atoms with E-state index >= 15 is 0 Å². The largest absolute Gasteiger partial charge is 0.493 e. The van der Waals surface area contributed by atoms with Gasteiger partial charge < -0.3 is 15.3 Å². The van der Waals surface area contributed by atoms with E-state index in [1.807, 2.05) is 79.8 Å². The predicted octanol–water partition coefficient (Wildman–Crippen LogP) is 15.7. The number of fused-ring (bicyclic) bond motifs is 1. The van der Waals surface area contributed by atoms with Gasteiger partial charge in [-0.05, 0) is 82.9 Å². The lowest BCUT2D eigenvalue weighted by molar-refractivity contribution is -0.116. The molecule has 3 aromatic rings. The Morgan fingerprint density at radius 2 is 1.57 bits per heavy atom. The van der Waals surface area contributed by atoms with Crippen molar-refractivity contribution in [2.45, 2.75) is 187 Å². The number of anilines is 1. The monoisotopic (exact) mass is 857 g/mol. The summed E-state index contributed by atoms with van der Waals surface area (Å²) in [5, 5.41) is 0. The molecule has 0 saturated heterocycles. The molecule has 0 saturated carbocycles. The van der Waals surface area contributed by atoms with Crippen LogP contribution in [0.15, 0.2) is 60.3 Å². The SMILES string of the molecule is C=C(/C=C(\C=C/CCC)C(F)(F)F)CCC.CC.CC.CCC(C)=O.CCCc1cnc(N)c2c(-c3ccc(C(C)=O)cc3OCC)nc(C(CCC(C)C)CC(C)CC)n12. The summed E-state index contributed by atoms with van der Waals surface area (Å²) in [7, 11) is 0. The second kappa shape index (κ2) is 32.5. The minimum atomic E-state index is -4.29. The van der Waals surface area contributed by atoms with Crippen LogP contribution in [-0.2, 0) is 11.2 Å². The van der Waals surface area contributed by atoms with Crippen molar-refractivity contribution >= 4 is 22.9 Å². The maximum absolute atomic E-state index is 12.6. The van der Waals surface area contributed by atoms with E-state index in [4.69, 9.17) is 15.5 Å². The summed E-state index contributed by atoms with van der Waals surface area (Å²) < 4.78 is 46.1. The number of nitrogens with zero attached hydrogens (tertiary/aromatic N) is 3. The maximum atomic E-state index is 12.6. The Kier molecular flexibility index (Phi) is 31.4. The van der Waals surface area contributed by atoms with Gasteiger partial charge in [-0.3, -0.25) is 9.20 Å². The first-order valence-electron chi connectivity index (χ1n) is 23.0. The lowest BCUT2D eigenvalue weighted by Crippen LogP contribution is -2.13. The van der Waals surface area contributed by atoms with Crippen molar-refractivity contribution in [2.75, 3.05) is 12.3 Å². The Morgan fingerprint density at radius 1 is 0.951 bits per heavy atom. The van der Waals surface area contributed by atoms with Gasteiger partial charge in [0.2, 0.25) is 0 Å². The zero-order chi connectivity index (χ0) is 47.3. The van der Waals surface area contributed by atoms with Crippen molar-refractivity contribution < 1.29 is 27.5 Å². The van der Waals surface area contributed by atoms with Gasteiger partial charge in [0.1, 0.15) is 34.4 Å². The molecule has 346 valence electrons. The summed E-state index contributed by atoms with van der Waals surface area (Å²) in [6.45, 7) is 34.2. The number of rotatable bonds is 20. The highest BCUT2D eigenvalue weighted by molar-refractivity contribution is 5.96. The molecule has 0 spiro atoms. The summed E-state index contributed by atoms with van der Waals surface area (Å²) in [6, 6.07) is 5.61. The molecule has 3 rings (SSSR count). The number of hydrogen-bond acceptors (Lipinski definition) is 6. The van der Waals surface area contributed by atoms with Gasteiger partial charge in [-0.15, -0.1) is 0 Å². The van der Waals surface area contributed by atoms with Crippen LogP contribution >= 0.6 is 0 Å². The number of nitrogen functional groups attached to an aromatic ring is 1. The molecule has 0 aliphatic carbocycles. The van der Waals surface area contributed by atoms with Gasteiger partial charge in [0.25, 0.3) is 0 Å². The molecule has 0 amide bonds. The third kappa shape index (κ3) is 21.4. The van der Waals surface area contributed by atoms with Crippen LogP contribution in [0.25, 0.3) is 16.8 Å². The normalized spacial score (nSPS) is 12.2. The average molecular weight is 857 g/mol. The van der Waals surface area contributed by atoms with E-state index in [-0.39, 0.29) is 11.6 Å². The number of aromatic nitrogens is 3. The number of alkyl halides is 3. The first-order valence-corrected chi connectivity index (χ1v) is 23.0. The molecule has 2 aromatic heterocycles. The molecule has 0 aliphatic rings. The van der Waals surface area contributed by atoms with E-state index in [1.54, 1.807) is 19.9 Å². The quantitative estimate of drug-likeness (QED) is 0.0897. The topological polar surface area (TPSA) is 99.6 Å². The van der Waals surface area contributed by atoms with E-state index in [2.05, 4.69) is 50.6 Å². The van der Waals surface area contributed by atoms with Crippen molar-refractivity contribution in [2.24, 2.45) is 11.8 Å². The van der Waals surface area contributed by atoms with Crippen LogP contribution in [0.2, 0.25) is 0 Å². The fraction of sp³-hybridized carbons (Fsp3) is 0.608. The van der Waals surface area contributed by atoms with E-state index in [0.29, 0.717) is 66.3 Å². The maximum Gasteiger partial charge on any atom is 0.416 e. The van der Waals surface area contributed by atoms with E-state index < -0.39 is 11.7 Å². The molecule has 7 nitrogen and oxygen atoms in total. The molecule has 2 unspecified atom stereocenters. The first kappa shape index (κ1) is 58.9. The van der Waals surface area contributed by atoms with Crippen LogP contribution < -0.4 is 10.5 Å². The molecule has 61 heavy (non-hydrogen) atoms. The zero-order valence-corrected chi connectivity index (χ0v) is 40.7. The van der Waals surface area contributed by atoms with Crippen molar-refractivity contribution in [3.8, 4) is 17.0 Å². The number of hydrogen-bond donors (Lipinski definition) is 1. The number of ketones is 2. The molecule has 0 aliphatic heterocycles. The van der Waals surface area contributed by atoms with E-state index in [1.165, 1.54) is 0 Å². The van der Waals surface area contributed by atoms with Crippen molar-refractivity contribution in [3.05, 3.63) is 77.4 Å². The lowest BCUT2D eigenvalue weighted by Gasteiger charge is -2.21. The van der Waals surface area contributed by atoms with E-state index in [9.17, 15) is 22.8 Å². The fourth-order valence-electron chi connectivity index (χ4n) is 6.09. The first-order chi connectivity index (χ1) is 28.9. The van der Waals surface area contributed by atoms with Gasteiger partial charge in [0.05, 0.1) is 12.2 Å². The van der Waals surface area contributed by atoms with Crippen LogP contribution in [-0.4, -0.2) is 38.7 Å². The standard InChI is InChI=1S/C30H44N4O2.C13H19F3.C4H8O.2C2H6/c1-8-11-24-18-32-29(31)28-27(25-15-14-22(21(7)35)17-26(25)36-10-3)33-30(34(24)28)23(13-12-19(4)5)16-20(6)9-2;1-4-6-7-9-12(13(14,15)16)10-11(3)8-5-2;1-3-4(2)5;2*1-2/h14-15,17-20,23H,8-13,16H2,1-7H3,(H2,31,32);7,9-10H,3-6,8H2,1-2H3;3H2,1-2H3;2*1-2H3/b;9-7-,12-10+;;;. The molecular formula is C51H83F3N4O3. The number of aryl methyl sites for hydroxylation is 1. The summed E-state index contributed by atoms with van der Waals surface area (Å²) in [6.07, 6.45) is 11.4. The Bertz CT molecular complexity index is 1770. The van der Waals surface area contributed by atoms with Gasteiger partial charge in [0.15, 0.2) is 5.78 Å². The number of benzene rings is 1. The average Bonchev–Trinajstić information content (AvgIpc) is 3.63. The van der Waals surface area contributed by atoms with Crippen LogP contribution in [0, 0.1) is 11.8 Å². The predicted molar refractivity (Wildman–Crippen MR) is 255 cm³/mol. The molecule has 2 atom stereocenters. The minimum absolute atomic E-state index is 0.00612. The number of carbonyl (C=O) groups is 2. The molecule has 10 heteroatoms. The van der Waals surface area contributed by atoms with Crippen molar-refractivity contribution in [3.63, 3.8) is 0 Å². The Labute approximate surface area is 369 Å². The van der Waals surface area contributed by atoms with Crippen LogP contribution in [0.1, 0.15) is 196 Å². The van der Waals surface area contributed by atoms with Crippen molar-refractivity contribution in [1.29, 1.82) is 0 Å². The highest BCUT2D eigenvalue weighted by Crippen LogP contribution is 2.40. The molecule has 0 fully saturated rings. The Hall–Kier alpha value is -4.21. The molecule has 1 aromatic carbocycles. The highest BCUT2D eigenvalue weighted by Gasteiger charge is 2.31. The number of unbranched alkanes of at least 4 members (excludes halogenated alkanes) is 1. The van der Waals surface area contributed by atoms with Gasteiger partial charge in [-0.25, -0.2) is 9.97 Å². The van der Waals surface area contributed by atoms with Crippen LogP contribution in [0.3, 0.4) is 0 Å². The van der Waals surface area contributed by atoms with Gasteiger partial charge in [-0.1, -0.05) is 146 Å². The second-order valence-electron chi connectivity index (χ2n) is 15.3. The smallest absolute Gasteiger partial charge is 0.416 e. The molecule has 0 radical (unpaired) electrons. The van der Waals surface area contributed by atoms with Crippen molar-refractivity contribution in [1.82, 2.24) is 14.4 Å². The molecular weight excluding hydrogens is 774 g/mol. The van der Waals surface area contributed by atoms with Gasteiger partial charge >= 0.3 is 6.18 Å². The number of halogens is 3. The Morgan fingerprint density at radius 3 is 2.05 bits per heavy atom. The molecule has 2 heterocycles. The molecule has 0 bridgehead atoms. The number of imidazole rings is 1. The summed E-state index contributed by atoms with van der Waals surface area (Å²) in [4.78, 5) is 31.8. The van der Waals surface area contributed by atoms with Gasteiger partial charge in [0, 0.05) is 35.4 Å². The van der Waals surface area contributed by atoms with Crippen LogP contribution in [0.4, 0.5) is 19.0 Å². The van der Waals surface area contributed by atoms with E-state index in [0.717, 1.165) is 91.8 Å². The summed E-state index contributed by atoms with van der Waals surface area (Å²) >= 11 is 0. The number of nitrogens with two attached hydrogens (primary N) is 1. The van der Waals surface area contributed by atoms with Gasteiger partial charge in [-0.2, -0.15) is 13.2 Å². The second-order valence-corrected chi connectivity index (χ2v) is 15.3. The Balaban J connectivity index is 0. The fourth-order valence-corrected chi connectivity index (χ4v) is 6.09. The highest BCUT2D eigenvalue weighted by atomic mass is 19.4. The number of carbonyl (C=O) groups excluding carboxylic acids is 2. The summed E-state index contributed by atoms with van der Waals surface area (Å²) in [5.74, 6) is 3.98. The third-order valence-electron chi connectivity index (χ3n) is 9.59. The molecule has 2 N–H and O–H groups in total. The lowest BCUT2D eigenvalue weighted by atomic mass is 9.88. The third-order valence-corrected chi connectivity index (χ3v) is 9.59. The zero-order valence-electron chi connectivity index (χ0n) is 40.7. The van der Waals surface area contributed by atoms with Crippen LogP contribution in [0.5, 0.6) is 5.75 Å².